The third kappa shape index (κ3) is 4.72. The van der Waals surface area contributed by atoms with E-state index in [1.807, 2.05) is 13.8 Å². The number of nitrogens with zero attached hydrogens (tertiary/aromatic N) is 4. The van der Waals surface area contributed by atoms with E-state index in [1.54, 1.807) is 14.0 Å². The number of carbonyl (C=O) groups is 1. The predicted octanol–water partition coefficient (Wildman–Crippen LogP) is 2.67. The molecule has 2 N–H and O–H groups in total. The Labute approximate surface area is 169 Å². The van der Waals surface area contributed by atoms with Crippen LogP contribution in [0.2, 0.25) is 0 Å². The number of ether oxygens (including phenoxy) is 2. The molecule has 0 amide bonds. The average Bonchev–Trinajstić information content (AvgIpc) is 3.04. The van der Waals surface area contributed by atoms with Crippen LogP contribution in [0.3, 0.4) is 0 Å². The number of nitrogens with two attached hydrogens (primary N) is 1. The van der Waals surface area contributed by atoms with Gasteiger partial charge in [0.05, 0.1) is 29.5 Å². The van der Waals surface area contributed by atoms with Crippen LogP contribution in [-0.2, 0) is 23.1 Å². The summed E-state index contributed by atoms with van der Waals surface area (Å²) in [5.74, 6) is -0.568. The lowest BCUT2D eigenvalue weighted by molar-refractivity contribution is -0.154. The quantitative estimate of drug-likeness (QED) is 0.737. The molecule has 0 spiro atoms. The van der Waals surface area contributed by atoms with Gasteiger partial charge in [-0.3, -0.25) is 9.48 Å². The van der Waals surface area contributed by atoms with Crippen LogP contribution in [0.1, 0.15) is 50.9 Å². The largest absolute Gasteiger partial charge is 0.488 e. The summed E-state index contributed by atoms with van der Waals surface area (Å²) in [5.41, 5.74) is 7.30. The molecule has 2 aromatic rings. The van der Waals surface area contributed by atoms with Crippen LogP contribution < -0.4 is 10.5 Å². The predicted molar refractivity (Wildman–Crippen MR) is 104 cm³/mol. The molecule has 8 nitrogen and oxygen atoms in total. The maximum atomic E-state index is 14.8. The van der Waals surface area contributed by atoms with Crippen molar-refractivity contribution in [2.75, 3.05) is 0 Å². The van der Waals surface area contributed by atoms with Crippen LogP contribution in [0.15, 0.2) is 6.07 Å². The molecule has 9 heteroatoms. The van der Waals surface area contributed by atoms with Crippen LogP contribution >= 0.6 is 0 Å². The van der Waals surface area contributed by atoms with E-state index in [-0.39, 0.29) is 36.3 Å². The van der Waals surface area contributed by atoms with Crippen LogP contribution in [0.4, 0.5) is 4.39 Å². The monoisotopic (exact) mass is 405 g/mol. The number of esters is 1. The first-order valence-corrected chi connectivity index (χ1v) is 9.93. The Bertz CT molecular complexity index is 883. The van der Waals surface area contributed by atoms with E-state index in [0.29, 0.717) is 29.3 Å². The second kappa shape index (κ2) is 8.86. The van der Waals surface area contributed by atoms with Gasteiger partial charge in [-0.05, 0) is 46.5 Å². The number of aromatic nitrogens is 4. The molecule has 1 saturated carbocycles. The van der Waals surface area contributed by atoms with E-state index in [1.165, 1.54) is 10.7 Å². The van der Waals surface area contributed by atoms with Gasteiger partial charge >= 0.3 is 5.97 Å². The highest BCUT2D eigenvalue weighted by Crippen LogP contribution is 2.32. The van der Waals surface area contributed by atoms with Crippen LogP contribution in [0.25, 0.3) is 11.4 Å². The molecule has 0 aliphatic heterocycles. The normalized spacial score (nSPS) is 19.4. The first-order valence-electron chi connectivity index (χ1n) is 9.93. The van der Waals surface area contributed by atoms with E-state index >= 15 is 0 Å². The lowest BCUT2D eigenvalue weighted by atomic mass is 9.87. The summed E-state index contributed by atoms with van der Waals surface area (Å²) in [6.45, 7) is 5.60. The molecular weight excluding hydrogens is 377 g/mol. The molecule has 1 fully saturated rings. The zero-order chi connectivity index (χ0) is 21.1. The van der Waals surface area contributed by atoms with Crippen molar-refractivity contribution < 1.29 is 18.7 Å². The third-order valence-electron chi connectivity index (χ3n) is 5.09. The van der Waals surface area contributed by atoms with Crippen LogP contribution in [0, 0.1) is 18.7 Å². The summed E-state index contributed by atoms with van der Waals surface area (Å²) >= 11 is 0. The van der Waals surface area contributed by atoms with Gasteiger partial charge in [0.15, 0.2) is 5.82 Å². The third-order valence-corrected chi connectivity index (χ3v) is 5.09. The van der Waals surface area contributed by atoms with Gasteiger partial charge in [-0.25, -0.2) is 9.37 Å². The lowest BCUT2D eigenvalue weighted by Crippen LogP contribution is -2.32. The SMILES string of the molecule is Cc1nc(-c2nnn(C)c2CN)c(F)cc1O[C@H]1CCC[C@H](C(=O)OC(C)C)C1. The Balaban J connectivity index is 1.76. The Morgan fingerprint density at radius 1 is 1.38 bits per heavy atom. The average molecular weight is 405 g/mol. The highest BCUT2D eigenvalue weighted by Gasteiger charge is 2.30. The summed E-state index contributed by atoms with van der Waals surface area (Å²) in [4.78, 5) is 16.6. The molecule has 3 rings (SSSR count). The fourth-order valence-corrected chi connectivity index (χ4v) is 3.61. The molecule has 29 heavy (non-hydrogen) atoms. The van der Waals surface area contributed by atoms with Gasteiger partial charge in [-0.15, -0.1) is 5.10 Å². The highest BCUT2D eigenvalue weighted by atomic mass is 19.1. The number of hydrogen-bond acceptors (Lipinski definition) is 7. The fraction of sp³-hybridized carbons (Fsp3) is 0.600. The highest BCUT2D eigenvalue weighted by molar-refractivity contribution is 5.72. The topological polar surface area (TPSA) is 105 Å². The minimum atomic E-state index is -0.549. The molecule has 0 aromatic carbocycles. The molecule has 1 aliphatic rings. The van der Waals surface area contributed by atoms with Crippen molar-refractivity contribution in [3.63, 3.8) is 0 Å². The van der Waals surface area contributed by atoms with Gasteiger partial charge in [-0.2, -0.15) is 0 Å². The summed E-state index contributed by atoms with van der Waals surface area (Å²) in [6.07, 6.45) is 2.66. The molecule has 2 aromatic heterocycles. The molecule has 2 heterocycles. The smallest absolute Gasteiger partial charge is 0.309 e. The van der Waals surface area contributed by atoms with Crippen molar-refractivity contribution in [2.24, 2.45) is 18.7 Å². The molecular formula is C20H28FN5O3. The summed E-state index contributed by atoms with van der Waals surface area (Å²) < 4.78 is 27.7. The van der Waals surface area contributed by atoms with Crippen molar-refractivity contribution in [3.8, 4) is 17.1 Å². The number of aryl methyl sites for hydroxylation is 2. The number of carbonyl (C=O) groups excluding carboxylic acids is 1. The van der Waals surface area contributed by atoms with E-state index in [0.717, 1.165) is 19.3 Å². The van der Waals surface area contributed by atoms with E-state index in [2.05, 4.69) is 15.3 Å². The maximum absolute atomic E-state index is 14.8. The standard InChI is InChI=1S/C20H28FN5O3/c1-11(2)28-20(27)13-6-5-7-14(8-13)29-17-9-15(21)18(23-12(17)3)19-16(10-22)26(4)25-24-19/h9,11,13-14H,5-8,10,22H2,1-4H3/t13-,14-/m0/s1. The second-order valence-corrected chi connectivity index (χ2v) is 7.70. The van der Waals surface area contributed by atoms with Gasteiger partial charge in [0.1, 0.15) is 17.1 Å². The number of pyridine rings is 1. The Kier molecular flexibility index (Phi) is 6.46. The van der Waals surface area contributed by atoms with Gasteiger partial charge in [0.2, 0.25) is 0 Å². The van der Waals surface area contributed by atoms with E-state index in [9.17, 15) is 9.18 Å². The van der Waals surface area contributed by atoms with E-state index in [4.69, 9.17) is 15.2 Å². The van der Waals surface area contributed by atoms with Crippen molar-refractivity contribution in [1.82, 2.24) is 20.0 Å². The number of hydrogen-bond donors (Lipinski definition) is 1. The molecule has 2 atom stereocenters. The molecule has 158 valence electrons. The zero-order valence-electron chi connectivity index (χ0n) is 17.3. The van der Waals surface area contributed by atoms with E-state index < -0.39 is 5.82 Å². The van der Waals surface area contributed by atoms with Gasteiger partial charge in [0, 0.05) is 19.7 Å². The minimum Gasteiger partial charge on any atom is -0.488 e. The Morgan fingerprint density at radius 2 is 2.14 bits per heavy atom. The summed E-state index contributed by atoms with van der Waals surface area (Å²) in [5, 5.41) is 7.90. The van der Waals surface area contributed by atoms with Crippen LogP contribution in [0.5, 0.6) is 5.75 Å². The molecule has 0 radical (unpaired) electrons. The maximum Gasteiger partial charge on any atom is 0.309 e. The zero-order valence-corrected chi connectivity index (χ0v) is 17.3. The van der Waals surface area contributed by atoms with Crippen molar-refractivity contribution in [3.05, 3.63) is 23.3 Å². The Morgan fingerprint density at radius 3 is 2.83 bits per heavy atom. The fourth-order valence-electron chi connectivity index (χ4n) is 3.61. The van der Waals surface area contributed by atoms with Crippen molar-refractivity contribution in [2.45, 2.75) is 65.2 Å². The second-order valence-electron chi connectivity index (χ2n) is 7.70. The molecule has 0 unspecified atom stereocenters. The first kappa shape index (κ1) is 21.2. The first-order chi connectivity index (χ1) is 13.8. The summed E-state index contributed by atoms with van der Waals surface area (Å²) in [7, 11) is 1.70. The number of rotatable bonds is 6. The summed E-state index contributed by atoms with van der Waals surface area (Å²) in [6, 6.07) is 1.32. The van der Waals surface area contributed by atoms with Crippen molar-refractivity contribution >= 4 is 5.97 Å². The lowest BCUT2D eigenvalue weighted by Gasteiger charge is -2.29. The van der Waals surface area contributed by atoms with Gasteiger partial charge in [-0.1, -0.05) is 5.21 Å². The van der Waals surface area contributed by atoms with Crippen LogP contribution in [-0.4, -0.2) is 38.2 Å². The molecule has 1 aliphatic carbocycles. The number of halogens is 1. The Hall–Kier alpha value is -2.55. The molecule has 0 saturated heterocycles. The van der Waals surface area contributed by atoms with Gasteiger partial charge < -0.3 is 15.2 Å². The van der Waals surface area contributed by atoms with Gasteiger partial charge in [0.25, 0.3) is 0 Å². The van der Waals surface area contributed by atoms with Crippen molar-refractivity contribution in [1.29, 1.82) is 0 Å². The molecule has 0 bridgehead atoms. The minimum absolute atomic E-state index is 0.102.